The summed E-state index contributed by atoms with van der Waals surface area (Å²) in [4.78, 5) is 23.5. The number of benzene rings is 2. The van der Waals surface area contributed by atoms with Gasteiger partial charge in [-0.2, -0.15) is 0 Å². The molecule has 2 amide bonds. The van der Waals surface area contributed by atoms with Gasteiger partial charge in [0.05, 0.1) is 5.69 Å². The first kappa shape index (κ1) is 16.1. The Hall–Kier alpha value is -2.28. The van der Waals surface area contributed by atoms with Gasteiger partial charge in [-0.05, 0) is 42.8 Å². The number of aryl methyl sites for hydroxylation is 1. The number of carbonyl (C=O) groups excluding carboxylic acids is 2. The van der Waals surface area contributed by atoms with Crippen molar-refractivity contribution in [3.8, 4) is 0 Å². The minimum absolute atomic E-state index is 0.396. The van der Waals surface area contributed by atoms with Crippen molar-refractivity contribution in [3.05, 3.63) is 58.1 Å². The highest BCUT2D eigenvalue weighted by atomic mass is 79.9. The highest BCUT2D eigenvalue weighted by molar-refractivity contribution is 9.10. The van der Waals surface area contributed by atoms with Crippen molar-refractivity contribution < 1.29 is 18.4 Å². The molecule has 0 spiro atoms. The van der Waals surface area contributed by atoms with Crippen molar-refractivity contribution in [1.29, 1.82) is 0 Å². The highest BCUT2D eigenvalue weighted by Crippen LogP contribution is 2.20. The van der Waals surface area contributed by atoms with E-state index < -0.39 is 29.1 Å². The second kappa shape index (κ2) is 6.65. The first-order chi connectivity index (χ1) is 10.4. The first-order valence-electron chi connectivity index (χ1n) is 6.20. The monoisotopic (exact) mass is 368 g/mol. The summed E-state index contributed by atoms with van der Waals surface area (Å²) >= 11 is 3.28. The highest BCUT2D eigenvalue weighted by Gasteiger charge is 2.17. The van der Waals surface area contributed by atoms with Crippen molar-refractivity contribution in [2.75, 3.05) is 10.6 Å². The second-order valence-corrected chi connectivity index (χ2v) is 5.41. The van der Waals surface area contributed by atoms with E-state index in [1.54, 1.807) is 25.1 Å². The van der Waals surface area contributed by atoms with Crippen LogP contribution in [0.4, 0.5) is 20.2 Å². The molecular formula is C15H11BrF2N2O2. The zero-order valence-electron chi connectivity index (χ0n) is 11.4. The maximum absolute atomic E-state index is 13.4. The van der Waals surface area contributed by atoms with E-state index in [1.807, 2.05) is 5.32 Å². The van der Waals surface area contributed by atoms with Gasteiger partial charge in [0.1, 0.15) is 11.6 Å². The average molecular weight is 369 g/mol. The van der Waals surface area contributed by atoms with Gasteiger partial charge in [-0.3, -0.25) is 9.59 Å². The molecule has 7 heteroatoms. The van der Waals surface area contributed by atoms with Crippen LogP contribution in [-0.2, 0) is 9.59 Å². The molecule has 0 fully saturated rings. The third-order valence-corrected chi connectivity index (χ3v) is 3.31. The van der Waals surface area contributed by atoms with Crippen LogP contribution >= 0.6 is 15.9 Å². The Labute approximate surface area is 133 Å². The van der Waals surface area contributed by atoms with Crippen LogP contribution in [0.2, 0.25) is 0 Å². The number of amides is 2. The Morgan fingerprint density at radius 3 is 2.23 bits per heavy atom. The Balaban J connectivity index is 2.09. The van der Waals surface area contributed by atoms with E-state index in [-0.39, 0.29) is 0 Å². The largest absolute Gasteiger partial charge is 0.318 e. The third kappa shape index (κ3) is 3.88. The van der Waals surface area contributed by atoms with E-state index in [0.29, 0.717) is 5.69 Å². The van der Waals surface area contributed by atoms with Crippen molar-refractivity contribution >= 4 is 39.1 Å². The number of nitrogens with one attached hydrogen (secondary N) is 2. The summed E-state index contributed by atoms with van der Waals surface area (Å²) in [7, 11) is 0. The maximum Gasteiger partial charge on any atom is 0.314 e. The van der Waals surface area contributed by atoms with E-state index in [2.05, 4.69) is 21.2 Å². The number of carbonyl (C=O) groups is 2. The van der Waals surface area contributed by atoms with E-state index >= 15 is 0 Å². The van der Waals surface area contributed by atoms with Gasteiger partial charge in [-0.1, -0.05) is 15.9 Å². The molecule has 2 N–H and O–H groups in total. The zero-order valence-corrected chi connectivity index (χ0v) is 13.0. The number of anilines is 2. The lowest BCUT2D eigenvalue weighted by Gasteiger charge is -2.09. The molecule has 0 radical (unpaired) electrons. The van der Waals surface area contributed by atoms with Gasteiger partial charge in [0.25, 0.3) is 0 Å². The van der Waals surface area contributed by atoms with E-state index in [1.165, 1.54) is 0 Å². The van der Waals surface area contributed by atoms with Crippen molar-refractivity contribution in [1.82, 2.24) is 0 Å². The first-order valence-corrected chi connectivity index (χ1v) is 6.99. The fraction of sp³-hybridized carbons (Fsp3) is 0.0667. The lowest BCUT2D eigenvalue weighted by molar-refractivity contribution is -0.133. The summed E-state index contributed by atoms with van der Waals surface area (Å²) in [6.45, 7) is 1.75. The van der Waals surface area contributed by atoms with Crippen molar-refractivity contribution in [2.45, 2.75) is 6.92 Å². The summed E-state index contributed by atoms with van der Waals surface area (Å²) in [6, 6.07) is 7.66. The molecule has 0 atom stereocenters. The quantitative estimate of drug-likeness (QED) is 0.795. The van der Waals surface area contributed by atoms with Crippen LogP contribution in [0.25, 0.3) is 0 Å². The summed E-state index contributed by atoms with van der Waals surface area (Å²) in [6.07, 6.45) is 0. The molecule has 0 aliphatic carbocycles. The van der Waals surface area contributed by atoms with E-state index in [4.69, 9.17) is 0 Å². The molecule has 0 heterocycles. The van der Waals surface area contributed by atoms with Gasteiger partial charge < -0.3 is 10.6 Å². The third-order valence-electron chi connectivity index (χ3n) is 2.82. The molecule has 0 aromatic heterocycles. The number of halogens is 3. The Kier molecular flexibility index (Phi) is 4.87. The van der Waals surface area contributed by atoms with Crippen LogP contribution in [0.3, 0.4) is 0 Å². The van der Waals surface area contributed by atoms with Crippen LogP contribution < -0.4 is 10.6 Å². The summed E-state index contributed by atoms with van der Waals surface area (Å²) in [5, 5.41) is 4.43. The molecule has 114 valence electrons. The SMILES string of the molecule is Cc1cc(Br)ccc1NC(=O)C(=O)Nc1cc(F)ccc1F. The lowest BCUT2D eigenvalue weighted by Crippen LogP contribution is -2.29. The fourth-order valence-corrected chi connectivity index (χ4v) is 2.19. The van der Waals surface area contributed by atoms with Gasteiger partial charge in [0.15, 0.2) is 0 Å². The van der Waals surface area contributed by atoms with Crippen LogP contribution in [0.5, 0.6) is 0 Å². The molecular weight excluding hydrogens is 358 g/mol. The molecule has 22 heavy (non-hydrogen) atoms. The minimum atomic E-state index is -1.09. The molecule has 2 aromatic rings. The Morgan fingerprint density at radius 1 is 0.955 bits per heavy atom. The van der Waals surface area contributed by atoms with Gasteiger partial charge in [0.2, 0.25) is 0 Å². The van der Waals surface area contributed by atoms with Gasteiger partial charge >= 0.3 is 11.8 Å². The summed E-state index contributed by atoms with van der Waals surface area (Å²) < 4.78 is 27.3. The molecule has 0 aliphatic rings. The smallest absolute Gasteiger partial charge is 0.314 e. The Morgan fingerprint density at radius 2 is 1.59 bits per heavy atom. The minimum Gasteiger partial charge on any atom is -0.318 e. The van der Waals surface area contributed by atoms with E-state index in [0.717, 1.165) is 28.2 Å². The predicted octanol–water partition coefficient (Wildman–Crippen LogP) is 3.61. The van der Waals surface area contributed by atoms with Crippen molar-refractivity contribution in [3.63, 3.8) is 0 Å². The predicted molar refractivity (Wildman–Crippen MR) is 82.5 cm³/mol. The zero-order chi connectivity index (χ0) is 16.3. The molecule has 0 unspecified atom stereocenters. The molecule has 0 saturated carbocycles. The normalized spacial score (nSPS) is 10.2. The summed E-state index contributed by atoms with van der Waals surface area (Å²) in [5.41, 5.74) is 0.795. The second-order valence-electron chi connectivity index (χ2n) is 4.49. The molecule has 2 aromatic carbocycles. The average Bonchev–Trinajstić information content (AvgIpc) is 2.45. The maximum atomic E-state index is 13.4. The molecule has 4 nitrogen and oxygen atoms in total. The molecule has 0 bridgehead atoms. The molecule has 2 rings (SSSR count). The van der Waals surface area contributed by atoms with Crippen LogP contribution in [-0.4, -0.2) is 11.8 Å². The number of hydrogen-bond donors (Lipinski definition) is 2. The van der Waals surface area contributed by atoms with Crippen LogP contribution in [0, 0.1) is 18.6 Å². The topological polar surface area (TPSA) is 58.2 Å². The van der Waals surface area contributed by atoms with Gasteiger partial charge in [-0.25, -0.2) is 8.78 Å². The molecule has 0 saturated heterocycles. The summed E-state index contributed by atoms with van der Waals surface area (Å²) in [5.74, 6) is -3.62. The van der Waals surface area contributed by atoms with Gasteiger partial charge in [0, 0.05) is 16.2 Å². The lowest BCUT2D eigenvalue weighted by atomic mass is 10.2. The fourth-order valence-electron chi connectivity index (χ4n) is 1.72. The van der Waals surface area contributed by atoms with E-state index in [9.17, 15) is 18.4 Å². The standard InChI is InChI=1S/C15H11BrF2N2O2/c1-8-6-9(16)2-5-12(8)19-14(21)15(22)20-13-7-10(17)3-4-11(13)18/h2-7H,1H3,(H,19,21)(H,20,22). The van der Waals surface area contributed by atoms with Gasteiger partial charge in [-0.15, -0.1) is 0 Å². The Bertz CT molecular complexity index is 750. The number of hydrogen-bond acceptors (Lipinski definition) is 2. The van der Waals surface area contributed by atoms with Crippen LogP contribution in [0.15, 0.2) is 40.9 Å². The van der Waals surface area contributed by atoms with Crippen LogP contribution in [0.1, 0.15) is 5.56 Å². The van der Waals surface area contributed by atoms with Crippen molar-refractivity contribution in [2.24, 2.45) is 0 Å². The number of rotatable bonds is 2. The molecule has 0 aliphatic heterocycles.